The molecule has 0 N–H and O–H groups in total. The smallest absolute Gasteiger partial charge is 0.0219 e. The van der Waals surface area contributed by atoms with E-state index >= 15 is 0 Å². The lowest BCUT2D eigenvalue weighted by molar-refractivity contribution is 0.572. The third-order valence-electron chi connectivity index (χ3n) is 2.76. The van der Waals surface area contributed by atoms with Gasteiger partial charge in [-0.05, 0) is 31.6 Å². The van der Waals surface area contributed by atoms with Crippen molar-refractivity contribution < 1.29 is 0 Å². The minimum Gasteiger partial charge on any atom is -0.0784 e. The van der Waals surface area contributed by atoms with Gasteiger partial charge in [0.25, 0.3) is 0 Å². The van der Waals surface area contributed by atoms with Crippen LogP contribution in [0.3, 0.4) is 0 Å². The van der Waals surface area contributed by atoms with E-state index in [-0.39, 0.29) is 0 Å². The van der Waals surface area contributed by atoms with Gasteiger partial charge in [0, 0.05) is 0 Å². The second-order valence-corrected chi connectivity index (χ2v) is 4.12. The van der Waals surface area contributed by atoms with Gasteiger partial charge < -0.3 is 0 Å². The van der Waals surface area contributed by atoms with Crippen LogP contribution < -0.4 is 0 Å². The lowest BCUT2D eigenvalue weighted by atomic mass is 9.85. The van der Waals surface area contributed by atoms with E-state index in [1.165, 1.54) is 18.4 Å². The maximum atomic E-state index is 2.37. The van der Waals surface area contributed by atoms with Crippen molar-refractivity contribution in [2.45, 2.75) is 40.5 Å². The van der Waals surface area contributed by atoms with Gasteiger partial charge in [-0.1, -0.05) is 44.1 Å². The Morgan fingerprint density at radius 2 is 2.25 bits per heavy atom. The number of hydrogen-bond donors (Lipinski definition) is 0. The van der Waals surface area contributed by atoms with E-state index in [9.17, 15) is 0 Å². The highest BCUT2D eigenvalue weighted by Gasteiger charge is 2.13. The molecule has 0 aliphatic heterocycles. The summed E-state index contributed by atoms with van der Waals surface area (Å²) in [4.78, 5) is 0. The first-order valence-corrected chi connectivity index (χ1v) is 5.02. The molecule has 0 nitrogen and oxygen atoms in total. The van der Waals surface area contributed by atoms with Crippen molar-refractivity contribution in [2.24, 2.45) is 11.8 Å². The fraction of sp³-hybridized carbons (Fsp3) is 0.667. The summed E-state index contributed by atoms with van der Waals surface area (Å²) in [6.45, 7) is 9.11. The monoisotopic (exact) mass is 164 g/mol. The molecule has 0 aromatic rings. The fourth-order valence-electron chi connectivity index (χ4n) is 1.88. The van der Waals surface area contributed by atoms with E-state index in [0.29, 0.717) is 0 Å². The molecule has 0 heterocycles. The van der Waals surface area contributed by atoms with Gasteiger partial charge in [0.05, 0.1) is 0 Å². The minimum absolute atomic E-state index is 0.749. The molecule has 0 spiro atoms. The predicted molar refractivity (Wildman–Crippen MR) is 55.1 cm³/mol. The minimum atomic E-state index is 0.749. The highest BCUT2D eigenvalue weighted by Crippen LogP contribution is 2.28. The third-order valence-corrected chi connectivity index (χ3v) is 2.76. The molecule has 12 heavy (non-hydrogen) atoms. The predicted octanol–water partition coefficient (Wildman–Crippen LogP) is 3.95. The number of allylic oxidation sites excluding steroid dienone is 4. The Morgan fingerprint density at radius 3 is 2.75 bits per heavy atom. The van der Waals surface area contributed by atoms with Crippen LogP contribution in [-0.2, 0) is 0 Å². The second-order valence-electron chi connectivity index (χ2n) is 4.12. The molecule has 0 fully saturated rings. The van der Waals surface area contributed by atoms with Crippen LogP contribution in [0.25, 0.3) is 0 Å². The average molecular weight is 164 g/mol. The molecule has 0 saturated carbocycles. The zero-order valence-corrected chi connectivity index (χ0v) is 8.72. The summed E-state index contributed by atoms with van der Waals surface area (Å²) in [6, 6.07) is 0. The zero-order valence-electron chi connectivity index (χ0n) is 8.72. The molecule has 1 rings (SSSR count). The van der Waals surface area contributed by atoms with Gasteiger partial charge in [-0.3, -0.25) is 0 Å². The molecule has 0 amide bonds. The van der Waals surface area contributed by atoms with Crippen LogP contribution in [-0.4, -0.2) is 0 Å². The summed E-state index contributed by atoms with van der Waals surface area (Å²) in [5.41, 5.74) is 3.09. The summed E-state index contributed by atoms with van der Waals surface area (Å²) >= 11 is 0. The summed E-state index contributed by atoms with van der Waals surface area (Å²) in [7, 11) is 0. The lowest BCUT2D eigenvalue weighted by Gasteiger charge is -2.21. The first-order valence-electron chi connectivity index (χ1n) is 5.02. The molecule has 1 aliphatic carbocycles. The van der Waals surface area contributed by atoms with Crippen LogP contribution in [0.4, 0.5) is 0 Å². The van der Waals surface area contributed by atoms with Crippen molar-refractivity contribution in [2.75, 3.05) is 0 Å². The van der Waals surface area contributed by atoms with Crippen molar-refractivity contribution in [1.29, 1.82) is 0 Å². The topological polar surface area (TPSA) is 0 Å². The first-order chi connectivity index (χ1) is 5.63. The van der Waals surface area contributed by atoms with Crippen LogP contribution in [0.2, 0.25) is 0 Å². The van der Waals surface area contributed by atoms with E-state index in [4.69, 9.17) is 0 Å². The highest BCUT2D eigenvalue weighted by atomic mass is 14.2. The van der Waals surface area contributed by atoms with E-state index in [1.54, 1.807) is 5.57 Å². The maximum absolute atomic E-state index is 2.37. The molecular formula is C12H20. The number of hydrogen-bond acceptors (Lipinski definition) is 0. The Morgan fingerprint density at radius 1 is 1.58 bits per heavy atom. The molecule has 0 aromatic heterocycles. The van der Waals surface area contributed by atoms with Crippen molar-refractivity contribution in [3.63, 3.8) is 0 Å². The van der Waals surface area contributed by atoms with Gasteiger partial charge in [0.15, 0.2) is 0 Å². The van der Waals surface area contributed by atoms with Crippen LogP contribution in [0, 0.1) is 11.8 Å². The van der Waals surface area contributed by atoms with Crippen molar-refractivity contribution in [1.82, 2.24) is 0 Å². The van der Waals surface area contributed by atoms with Crippen LogP contribution in [0.15, 0.2) is 23.3 Å². The molecule has 2 unspecified atom stereocenters. The van der Waals surface area contributed by atoms with Gasteiger partial charge in [0.1, 0.15) is 0 Å². The van der Waals surface area contributed by atoms with Crippen LogP contribution in [0.1, 0.15) is 40.5 Å². The second kappa shape index (κ2) is 3.93. The standard InChI is InChI=1S/C12H20/c1-5-11(4)12-7-9(2)6-10(3)8-12/h6-7,10-11H,5,8H2,1-4H3. The molecule has 0 radical (unpaired) electrons. The van der Waals surface area contributed by atoms with Crippen LogP contribution >= 0.6 is 0 Å². The molecule has 0 aromatic carbocycles. The van der Waals surface area contributed by atoms with E-state index in [2.05, 4.69) is 39.8 Å². The molecular weight excluding hydrogens is 144 g/mol. The van der Waals surface area contributed by atoms with E-state index < -0.39 is 0 Å². The quantitative estimate of drug-likeness (QED) is 0.580. The summed E-state index contributed by atoms with van der Waals surface area (Å²) in [5.74, 6) is 1.52. The van der Waals surface area contributed by atoms with Crippen molar-refractivity contribution in [3.8, 4) is 0 Å². The lowest BCUT2D eigenvalue weighted by Crippen LogP contribution is -2.06. The largest absolute Gasteiger partial charge is 0.0784 e. The Hall–Kier alpha value is -0.520. The Labute approximate surface area is 76.4 Å². The van der Waals surface area contributed by atoms with Gasteiger partial charge in [-0.15, -0.1) is 0 Å². The van der Waals surface area contributed by atoms with E-state index in [1.807, 2.05) is 0 Å². The van der Waals surface area contributed by atoms with Crippen molar-refractivity contribution >= 4 is 0 Å². The fourth-order valence-corrected chi connectivity index (χ4v) is 1.88. The highest BCUT2D eigenvalue weighted by molar-refractivity contribution is 5.28. The summed E-state index contributed by atoms with van der Waals surface area (Å²) in [6.07, 6.45) is 7.28. The Balaban J connectivity index is 2.72. The van der Waals surface area contributed by atoms with Gasteiger partial charge in [0.2, 0.25) is 0 Å². The molecule has 2 atom stereocenters. The Kier molecular flexibility index (Phi) is 3.13. The maximum Gasteiger partial charge on any atom is -0.0219 e. The first kappa shape index (κ1) is 9.57. The van der Waals surface area contributed by atoms with Crippen LogP contribution in [0.5, 0.6) is 0 Å². The molecule has 0 bridgehead atoms. The molecule has 1 aliphatic rings. The normalized spacial score (nSPS) is 26.2. The summed E-state index contributed by atoms with van der Waals surface area (Å²) < 4.78 is 0. The van der Waals surface area contributed by atoms with Crippen molar-refractivity contribution in [3.05, 3.63) is 23.3 Å². The summed E-state index contributed by atoms with van der Waals surface area (Å²) in [5, 5.41) is 0. The average Bonchev–Trinajstić information content (AvgIpc) is 2.01. The van der Waals surface area contributed by atoms with Gasteiger partial charge >= 0.3 is 0 Å². The third kappa shape index (κ3) is 2.23. The van der Waals surface area contributed by atoms with Gasteiger partial charge in [-0.25, -0.2) is 0 Å². The van der Waals surface area contributed by atoms with E-state index in [0.717, 1.165) is 11.8 Å². The Bertz CT molecular complexity index is 208. The van der Waals surface area contributed by atoms with Gasteiger partial charge in [-0.2, -0.15) is 0 Å². The number of rotatable bonds is 2. The molecule has 68 valence electrons. The SMILES string of the molecule is CCC(C)C1=CC(C)=CC(C)C1. The molecule has 0 saturated heterocycles. The molecule has 0 heteroatoms. The zero-order chi connectivity index (χ0) is 9.14.